The highest BCUT2D eigenvalue weighted by molar-refractivity contribution is 6.02. The largest absolute Gasteiger partial charge is 0.374 e. The number of pyridine rings is 1. The smallest absolute Gasteiger partial charge is 0.330 e. The van der Waals surface area contributed by atoms with E-state index >= 15 is 0 Å². The first-order chi connectivity index (χ1) is 16.4. The number of aryl methyl sites for hydroxylation is 1. The van der Waals surface area contributed by atoms with Gasteiger partial charge in [-0.25, -0.2) is 9.18 Å². The van der Waals surface area contributed by atoms with Crippen LogP contribution in [0.1, 0.15) is 32.0 Å². The van der Waals surface area contributed by atoms with Crippen molar-refractivity contribution in [1.29, 1.82) is 0 Å². The van der Waals surface area contributed by atoms with Gasteiger partial charge in [0.1, 0.15) is 11.7 Å². The number of halogens is 1. The number of hydrogen-bond acceptors (Lipinski definition) is 6. The van der Waals surface area contributed by atoms with E-state index in [0.717, 1.165) is 46.3 Å². The Morgan fingerprint density at radius 3 is 2.71 bits per heavy atom. The second kappa shape index (κ2) is 9.23. The molecule has 3 aromatic heterocycles. The van der Waals surface area contributed by atoms with Crippen LogP contribution in [-0.4, -0.2) is 61.6 Å². The standard InChI is InChI=1S/C25H29FN6O2/c1-16(2)32-23-21-12-17(5-7-22(21)28-29-24(23)30(3)25(32)33)18-4-6-20(27-13-18)15-34-11-10-31-9-8-19(26)14-31/h4-7,12-13,16,19H,8-11,14-15H2,1-3H3/t19-/m1/s1. The third kappa shape index (κ3) is 4.21. The van der Waals surface area contributed by atoms with E-state index in [1.807, 2.05) is 50.4 Å². The maximum absolute atomic E-state index is 13.2. The predicted octanol–water partition coefficient (Wildman–Crippen LogP) is 3.49. The third-order valence-corrected chi connectivity index (χ3v) is 6.46. The van der Waals surface area contributed by atoms with E-state index < -0.39 is 6.17 Å². The Hall–Kier alpha value is -3.17. The van der Waals surface area contributed by atoms with E-state index in [0.29, 0.717) is 31.8 Å². The number of ether oxygens (including phenoxy) is 1. The van der Waals surface area contributed by atoms with Gasteiger partial charge in [0.2, 0.25) is 0 Å². The molecule has 8 nitrogen and oxygen atoms in total. The van der Waals surface area contributed by atoms with Crippen molar-refractivity contribution in [3.05, 3.63) is 52.7 Å². The lowest BCUT2D eigenvalue weighted by molar-refractivity contribution is 0.0954. The summed E-state index contributed by atoms with van der Waals surface area (Å²) >= 11 is 0. The first-order valence-electron chi connectivity index (χ1n) is 11.7. The highest BCUT2D eigenvalue weighted by Gasteiger charge is 2.21. The van der Waals surface area contributed by atoms with Gasteiger partial charge in [0.25, 0.3) is 0 Å². The van der Waals surface area contributed by atoms with Crippen molar-refractivity contribution < 1.29 is 9.13 Å². The minimum Gasteiger partial charge on any atom is -0.374 e. The Morgan fingerprint density at radius 1 is 1.18 bits per heavy atom. The normalized spacial score (nSPS) is 16.9. The van der Waals surface area contributed by atoms with Gasteiger partial charge >= 0.3 is 5.69 Å². The maximum atomic E-state index is 13.2. The fraction of sp³-hybridized carbons (Fsp3) is 0.440. The van der Waals surface area contributed by atoms with Crippen LogP contribution in [0.15, 0.2) is 41.3 Å². The summed E-state index contributed by atoms with van der Waals surface area (Å²) in [6, 6.07) is 9.94. The number of imidazole rings is 1. The third-order valence-electron chi connectivity index (χ3n) is 6.46. The maximum Gasteiger partial charge on any atom is 0.330 e. The van der Waals surface area contributed by atoms with E-state index in [1.54, 1.807) is 16.2 Å². The topological polar surface area (TPSA) is 78.1 Å². The molecule has 0 saturated carbocycles. The summed E-state index contributed by atoms with van der Waals surface area (Å²) in [5, 5.41) is 9.51. The molecule has 5 rings (SSSR count). The second-order valence-corrected chi connectivity index (χ2v) is 9.19. The van der Waals surface area contributed by atoms with Gasteiger partial charge in [-0.3, -0.25) is 19.0 Å². The van der Waals surface area contributed by atoms with Gasteiger partial charge in [-0.2, -0.15) is 0 Å². The van der Waals surface area contributed by atoms with Gasteiger partial charge in [0.15, 0.2) is 5.65 Å². The summed E-state index contributed by atoms with van der Waals surface area (Å²) in [5.41, 5.74) is 4.82. The van der Waals surface area contributed by atoms with Gasteiger partial charge in [-0.05, 0) is 44.0 Å². The van der Waals surface area contributed by atoms with Gasteiger partial charge in [0, 0.05) is 49.9 Å². The number of benzene rings is 1. The zero-order valence-corrected chi connectivity index (χ0v) is 19.7. The molecule has 1 fully saturated rings. The summed E-state index contributed by atoms with van der Waals surface area (Å²) in [6.45, 7) is 7.02. The van der Waals surface area contributed by atoms with Crippen molar-refractivity contribution in [2.45, 2.75) is 39.1 Å². The Bertz CT molecular complexity index is 1380. The number of likely N-dealkylation sites (tertiary alicyclic amines) is 1. The van der Waals surface area contributed by atoms with Crippen LogP contribution in [-0.2, 0) is 18.4 Å². The van der Waals surface area contributed by atoms with Crippen LogP contribution < -0.4 is 5.69 Å². The molecule has 0 spiro atoms. The average molecular weight is 465 g/mol. The van der Waals surface area contributed by atoms with Crippen molar-refractivity contribution in [3.8, 4) is 11.1 Å². The Kier molecular flexibility index (Phi) is 6.14. The van der Waals surface area contributed by atoms with E-state index in [4.69, 9.17) is 4.74 Å². The molecule has 1 atom stereocenters. The molecule has 0 aliphatic carbocycles. The van der Waals surface area contributed by atoms with Crippen LogP contribution >= 0.6 is 0 Å². The zero-order chi connectivity index (χ0) is 23.8. The van der Waals surface area contributed by atoms with Crippen molar-refractivity contribution >= 4 is 22.1 Å². The molecule has 0 N–H and O–H groups in total. The van der Waals surface area contributed by atoms with E-state index in [1.165, 1.54) is 0 Å². The summed E-state index contributed by atoms with van der Waals surface area (Å²) in [5.74, 6) is 0. The van der Waals surface area contributed by atoms with E-state index in [2.05, 4.69) is 20.1 Å². The molecule has 1 aromatic carbocycles. The van der Waals surface area contributed by atoms with Crippen molar-refractivity contribution in [2.24, 2.45) is 7.05 Å². The van der Waals surface area contributed by atoms with Gasteiger partial charge < -0.3 is 4.74 Å². The molecule has 178 valence electrons. The highest BCUT2D eigenvalue weighted by Crippen LogP contribution is 2.28. The lowest BCUT2D eigenvalue weighted by atomic mass is 10.0. The molecule has 0 radical (unpaired) electrons. The average Bonchev–Trinajstić information content (AvgIpc) is 3.37. The molecule has 4 heterocycles. The summed E-state index contributed by atoms with van der Waals surface area (Å²) < 4.78 is 22.3. The summed E-state index contributed by atoms with van der Waals surface area (Å²) in [7, 11) is 1.72. The van der Waals surface area contributed by atoms with Gasteiger partial charge in [-0.15, -0.1) is 10.2 Å². The number of hydrogen-bond donors (Lipinski definition) is 0. The van der Waals surface area contributed by atoms with Crippen LogP contribution in [0.25, 0.3) is 33.2 Å². The molecular weight excluding hydrogens is 435 g/mol. The SMILES string of the molecule is CC(C)n1c(=O)n(C)c2nnc3ccc(-c4ccc(COCCN5CC[C@@H](F)C5)nc4)cc3c21. The molecular formula is C25H29FN6O2. The molecule has 4 aromatic rings. The van der Waals surface area contributed by atoms with Crippen LogP contribution in [0.5, 0.6) is 0 Å². The lowest BCUT2D eigenvalue weighted by Crippen LogP contribution is -2.25. The number of alkyl halides is 1. The number of fused-ring (bicyclic) bond motifs is 3. The summed E-state index contributed by atoms with van der Waals surface area (Å²) in [6.07, 6.45) is 1.75. The first kappa shape index (κ1) is 22.6. The zero-order valence-electron chi connectivity index (χ0n) is 19.7. The lowest BCUT2D eigenvalue weighted by Gasteiger charge is -2.14. The Balaban J connectivity index is 1.36. The Morgan fingerprint density at radius 2 is 2.00 bits per heavy atom. The first-order valence-corrected chi connectivity index (χ1v) is 11.7. The number of rotatable bonds is 7. The second-order valence-electron chi connectivity index (χ2n) is 9.19. The fourth-order valence-corrected chi connectivity index (χ4v) is 4.59. The fourth-order valence-electron chi connectivity index (χ4n) is 4.59. The predicted molar refractivity (Wildman–Crippen MR) is 130 cm³/mol. The van der Waals surface area contributed by atoms with Crippen LogP contribution in [0.3, 0.4) is 0 Å². The molecule has 0 unspecified atom stereocenters. The molecule has 0 bridgehead atoms. The van der Waals surface area contributed by atoms with Gasteiger partial charge in [-0.1, -0.05) is 12.1 Å². The molecule has 1 aliphatic heterocycles. The van der Waals surface area contributed by atoms with E-state index in [9.17, 15) is 9.18 Å². The molecule has 1 saturated heterocycles. The molecule has 34 heavy (non-hydrogen) atoms. The quantitative estimate of drug-likeness (QED) is 0.390. The minimum absolute atomic E-state index is 0.00271. The monoisotopic (exact) mass is 464 g/mol. The van der Waals surface area contributed by atoms with Gasteiger partial charge in [0.05, 0.1) is 24.4 Å². The van der Waals surface area contributed by atoms with Crippen molar-refractivity contribution in [2.75, 3.05) is 26.2 Å². The number of aromatic nitrogens is 5. The van der Waals surface area contributed by atoms with Crippen molar-refractivity contribution in [1.82, 2.24) is 29.2 Å². The molecule has 0 amide bonds. The van der Waals surface area contributed by atoms with E-state index in [-0.39, 0.29) is 11.7 Å². The van der Waals surface area contributed by atoms with Crippen molar-refractivity contribution in [3.63, 3.8) is 0 Å². The van der Waals surface area contributed by atoms with Crippen LogP contribution in [0, 0.1) is 0 Å². The Labute approximate surface area is 197 Å². The minimum atomic E-state index is -0.702. The van der Waals surface area contributed by atoms with Crippen LogP contribution in [0.4, 0.5) is 4.39 Å². The highest BCUT2D eigenvalue weighted by atomic mass is 19.1. The number of nitrogens with zero attached hydrogens (tertiary/aromatic N) is 6. The summed E-state index contributed by atoms with van der Waals surface area (Å²) in [4.78, 5) is 19.4. The van der Waals surface area contributed by atoms with Crippen LogP contribution in [0.2, 0.25) is 0 Å². The molecule has 9 heteroatoms. The molecule has 1 aliphatic rings.